The second-order valence-electron chi connectivity index (χ2n) is 3.98. The normalized spacial score (nSPS) is 15.9. The van der Waals surface area contributed by atoms with Crippen LogP contribution in [-0.2, 0) is 0 Å². The van der Waals surface area contributed by atoms with Gasteiger partial charge in [-0.1, -0.05) is 44.2 Å². The fourth-order valence-electron chi connectivity index (χ4n) is 1.62. The van der Waals surface area contributed by atoms with Gasteiger partial charge >= 0.3 is 0 Å². The third-order valence-corrected chi connectivity index (χ3v) is 2.51. The van der Waals surface area contributed by atoms with Gasteiger partial charge in [0.25, 0.3) is 0 Å². The van der Waals surface area contributed by atoms with Crippen LogP contribution in [0.3, 0.4) is 0 Å². The first-order valence-corrected chi connectivity index (χ1v) is 5.26. The molecule has 2 aromatic rings. The van der Waals surface area contributed by atoms with E-state index in [4.69, 9.17) is 5.48 Å². The maximum Gasteiger partial charge on any atom is 0.0704 e. The average molecular weight is 215 g/mol. The number of aromatic nitrogens is 1. The first kappa shape index (κ1) is 6.85. The Balaban J connectivity index is 2.62. The van der Waals surface area contributed by atoms with Gasteiger partial charge in [0.2, 0.25) is 0 Å². The Bertz CT molecular complexity index is 598. The molecule has 0 spiro atoms. The molecule has 0 atom stereocenters. The zero-order valence-electron chi connectivity index (χ0n) is 13.5. The summed E-state index contributed by atoms with van der Waals surface area (Å²) >= 11 is 0. The van der Waals surface area contributed by atoms with Gasteiger partial charge in [0.1, 0.15) is 0 Å². The van der Waals surface area contributed by atoms with Crippen molar-refractivity contribution in [3.05, 3.63) is 53.7 Å². The summed E-state index contributed by atoms with van der Waals surface area (Å²) in [6.45, 7) is 1.09. The molecule has 0 N–H and O–H groups in total. The van der Waals surface area contributed by atoms with Gasteiger partial charge in [-0.15, -0.1) is 0 Å². The van der Waals surface area contributed by atoms with Gasteiger partial charge in [-0.2, -0.15) is 0 Å². The van der Waals surface area contributed by atoms with Crippen molar-refractivity contribution in [2.45, 2.75) is 26.6 Å². The van der Waals surface area contributed by atoms with E-state index in [1.165, 1.54) is 6.20 Å². The Labute approximate surface area is 103 Å². The minimum absolute atomic E-state index is 0.200. The first-order chi connectivity index (χ1) is 9.19. The highest BCUT2D eigenvalue weighted by atomic mass is 14.7. The van der Waals surface area contributed by atoms with E-state index in [1.54, 1.807) is 19.9 Å². The lowest BCUT2D eigenvalue weighted by Gasteiger charge is -2.10. The Morgan fingerprint density at radius 3 is 2.62 bits per heavy atom. The van der Waals surface area contributed by atoms with Gasteiger partial charge in [-0.3, -0.25) is 4.98 Å². The first-order valence-electron chi connectivity index (χ1n) is 7.26. The molecule has 0 aliphatic rings. The highest BCUT2D eigenvalue weighted by Crippen LogP contribution is 2.23. The molecule has 0 aliphatic heterocycles. The maximum absolute atomic E-state index is 8.08. The van der Waals surface area contributed by atoms with Crippen molar-refractivity contribution < 1.29 is 5.48 Å². The van der Waals surface area contributed by atoms with Crippen LogP contribution in [0.1, 0.15) is 36.4 Å². The largest absolute Gasteiger partial charge is 0.256 e. The van der Waals surface area contributed by atoms with Gasteiger partial charge in [0.05, 0.1) is 5.69 Å². The smallest absolute Gasteiger partial charge is 0.0704 e. The van der Waals surface area contributed by atoms with E-state index in [0.717, 1.165) is 5.56 Å². The number of pyridine rings is 1. The molecule has 0 aliphatic carbocycles. The van der Waals surface area contributed by atoms with Crippen LogP contribution in [0.15, 0.2) is 42.6 Å². The molecular weight excluding hydrogens is 194 g/mol. The van der Waals surface area contributed by atoms with Crippen LogP contribution in [0.4, 0.5) is 0 Å². The van der Waals surface area contributed by atoms with Crippen molar-refractivity contribution in [2.75, 3.05) is 0 Å². The summed E-state index contributed by atoms with van der Waals surface area (Å²) in [5.74, 6) is -0.994. The quantitative estimate of drug-likeness (QED) is 0.732. The Kier molecular flexibility index (Phi) is 1.92. The monoisotopic (exact) mass is 215 g/mol. The van der Waals surface area contributed by atoms with E-state index in [0.29, 0.717) is 11.3 Å². The lowest BCUT2D eigenvalue weighted by molar-refractivity contribution is 0.848. The highest BCUT2D eigenvalue weighted by Gasteiger charge is 2.06. The molecule has 0 bridgehead atoms. The van der Waals surface area contributed by atoms with E-state index in [-0.39, 0.29) is 5.56 Å². The Hall–Kier alpha value is -1.63. The minimum atomic E-state index is -2.25. The molecule has 1 aromatic heterocycles. The van der Waals surface area contributed by atoms with Crippen molar-refractivity contribution in [1.29, 1.82) is 0 Å². The number of rotatable bonds is 2. The molecule has 1 heterocycles. The zero-order valence-corrected chi connectivity index (χ0v) is 9.49. The SMILES string of the molecule is [2H]C([2H])([2H])c1cc(-c2ccccc2)ncc1C([2H])(C)C. The summed E-state index contributed by atoms with van der Waals surface area (Å²) < 4.78 is 31.1. The van der Waals surface area contributed by atoms with Gasteiger partial charge in [0, 0.05) is 17.2 Å². The van der Waals surface area contributed by atoms with Crippen molar-refractivity contribution in [3.63, 3.8) is 0 Å². The lowest BCUT2D eigenvalue weighted by Crippen LogP contribution is -1.95. The van der Waals surface area contributed by atoms with Crippen LogP contribution < -0.4 is 0 Å². The number of hydrogen-bond donors (Lipinski definition) is 0. The summed E-state index contributed by atoms with van der Waals surface area (Å²) in [6.07, 6.45) is 1.51. The van der Waals surface area contributed by atoms with Crippen LogP contribution in [0, 0.1) is 6.85 Å². The van der Waals surface area contributed by atoms with Crippen LogP contribution >= 0.6 is 0 Å². The lowest BCUT2D eigenvalue weighted by atomic mass is 9.99. The maximum atomic E-state index is 8.08. The van der Waals surface area contributed by atoms with Crippen molar-refractivity contribution in [2.24, 2.45) is 0 Å². The standard InChI is InChI=1S/C15H17N/c1-11(2)14-10-16-15(9-12(14)3)13-7-5-4-6-8-13/h4-11H,1-3H3/i3D3,11D. The van der Waals surface area contributed by atoms with E-state index >= 15 is 0 Å². The molecule has 16 heavy (non-hydrogen) atoms. The minimum Gasteiger partial charge on any atom is -0.256 e. The molecule has 0 fully saturated rings. The van der Waals surface area contributed by atoms with Crippen LogP contribution in [0.25, 0.3) is 11.3 Å². The van der Waals surface area contributed by atoms with Crippen molar-refractivity contribution in [3.8, 4) is 11.3 Å². The van der Waals surface area contributed by atoms with Gasteiger partial charge in [-0.25, -0.2) is 0 Å². The summed E-state index contributed by atoms with van der Waals surface area (Å²) in [7, 11) is 0. The van der Waals surface area contributed by atoms with E-state index in [1.807, 2.05) is 30.3 Å². The number of nitrogens with zero attached hydrogens (tertiary/aromatic N) is 1. The van der Waals surface area contributed by atoms with Crippen LogP contribution in [0.5, 0.6) is 0 Å². The summed E-state index contributed by atoms with van der Waals surface area (Å²) in [5, 5.41) is 0. The summed E-state index contributed by atoms with van der Waals surface area (Å²) in [5.41, 5.74) is 2.13. The van der Waals surface area contributed by atoms with Crippen LogP contribution in [-0.4, -0.2) is 4.98 Å². The van der Waals surface area contributed by atoms with Crippen LogP contribution in [0.2, 0.25) is 0 Å². The Morgan fingerprint density at radius 2 is 2.00 bits per heavy atom. The van der Waals surface area contributed by atoms with Gasteiger partial charge < -0.3 is 0 Å². The number of benzene rings is 1. The predicted octanol–water partition coefficient (Wildman–Crippen LogP) is 4.18. The molecule has 1 nitrogen and oxygen atoms in total. The molecule has 0 saturated carbocycles. The molecule has 2 rings (SSSR count). The average Bonchev–Trinajstić information content (AvgIpc) is 2.37. The summed E-state index contributed by atoms with van der Waals surface area (Å²) in [6, 6.07) is 11.0. The molecule has 0 radical (unpaired) electrons. The molecule has 0 saturated heterocycles. The molecule has 1 heteroatoms. The van der Waals surface area contributed by atoms with E-state index < -0.39 is 12.7 Å². The van der Waals surface area contributed by atoms with Gasteiger partial charge in [-0.05, 0) is 29.9 Å². The molecular formula is C15H17N. The second-order valence-corrected chi connectivity index (χ2v) is 3.98. The predicted molar refractivity (Wildman–Crippen MR) is 68.5 cm³/mol. The van der Waals surface area contributed by atoms with E-state index in [2.05, 4.69) is 4.98 Å². The molecule has 82 valence electrons. The summed E-state index contributed by atoms with van der Waals surface area (Å²) in [4.78, 5) is 4.32. The van der Waals surface area contributed by atoms with Crippen molar-refractivity contribution in [1.82, 2.24) is 4.98 Å². The fourth-order valence-corrected chi connectivity index (χ4v) is 1.62. The third-order valence-electron chi connectivity index (χ3n) is 2.51. The van der Waals surface area contributed by atoms with E-state index in [9.17, 15) is 0 Å². The number of aryl methyl sites for hydroxylation is 1. The van der Waals surface area contributed by atoms with Crippen molar-refractivity contribution >= 4 is 0 Å². The molecule has 0 amide bonds. The second kappa shape index (κ2) is 4.48. The third kappa shape index (κ3) is 2.13. The van der Waals surface area contributed by atoms with Gasteiger partial charge in [0.15, 0.2) is 0 Å². The Morgan fingerprint density at radius 1 is 1.25 bits per heavy atom. The number of hydrogen-bond acceptors (Lipinski definition) is 1. The fraction of sp³-hybridized carbons (Fsp3) is 0.267. The highest BCUT2D eigenvalue weighted by molar-refractivity contribution is 5.60. The molecule has 1 aromatic carbocycles. The zero-order chi connectivity index (χ0) is 15.0. The topological polar surface area (TPSA) is 12.9 Å². The molecule has 0 unspecified atom stereocenters.